The van der Waals surface area contributed by atoms with E-state index in [-0.39, 0.29) is 22.9 Å². The van der Waals surface area contributed by atoms with Crippen LogP contribution in [-0.4, -0.2) is 39.1 Å². The van der Waals surface area contributed by atoms with E-state index in [1.807, 2.05) is 0 Å². The van der Waals surface area contributed by atoms with E-state index >= 15 is 0 Å². The van der Waals surface area contributed by atoms with Crippen molar-refractivity contribution in [2.45, 2.75) is 31.0 Å². The molecular formula is C19H16F3N3O3S2. The van der Waals surface area contributed by atoms with Crippen LogP contribution < -0.4 is 0 Å². The van der Waals surface area contributed by atoms with Crippen molar-refractivity contribution in [3.8, 4) is 0 Å². The van der Waals surface area contributed by atoms with Gasteiger partial charge in [-0.3, -0.25) is 9.59 Å². The number of alkyl halides is 3. The number of carbonyl (C=O) groups excluding carboxylic acids is 2. The molecule has 0 amide bonds. The first-order chi connectivity index (χ1) is 14.2. The van der Waals surface area contributed by atoms with Crippen LogP contribution in [0.15, 0.2) is 34.7 Å². The number of para-hydroxylation sites is 1. The molecule has 0 radical (unpaired) electrons. The van der Waals surface area contributed by atoms with Crippen LogP contribution in [0.1, 0.15) is 29.4 Å². The van der Waals surface area contributed by atoms with Crippen molar-refractivity contribution < 1.29 is 27.5 Å². The van der Waals surface area contributed by atoms with Gasteiger partial charge < -0.3 is 4.74 Å². The zero-order chi connectivity index (χ0) is 21.9. The fraction of sp³-hybridized carbons (Fsp3) is 0.316. The summed E-state index contributed by atoms with van der Waals surface area (Å²) in [6.45, 7) is 3.44. The molecule has 3 rings (SSSR count). The van der Waals surface area contributed by atoms with Crippen molar-refractivity contribution in [3.63, 3.8) is 0 Å². The van der Waals surface area contributed by atoms with Crippen LogP contribution in [0.4, 0.5) is 13.2 Å². The van der Waals surface area contributed by atoms with Gasteiger partial charge in [-0.05, 0) is 19.9 Å². The maximum Gasteiger partial charge on any atom is 0.451 e. The van der Waals surface area contributed by atoms with Crippen LogP contribution in [0.3, 0.4) is 0 Å². The van der Waals surface area contributed by atoms with E-state index in [1.165, 1.54) is 6.07 Å². The Bertz CT molecular complexity index is 1090. The molecule has 0 aliphatic rings. The molecule has 0 aliphatic heterocycles. The van der Waals surface area contributed by atoms with Crippen LogP contribution in [0.5, 0.6) is 0 Å². The number of halogens is 3. The molecule has 30 heavy (non-hydrogen) atoms. The molecule has 1 atom stereocenters. The highest BCUT2D eigenvalue weighted by Gasteiger charge is 2.36. The third kappa shape index (κ3) is 4.96. The van der Waals surface area contributed by atoms with Gasteiger partial charge in [0.05, 0.1) is 17.9 Å². The van der Waals surface area contributed by atoms with Crippen molar-refractivity contribution in [3.05, 3.63) is 46.2 Å². The highest BCUT2D eigenvalue weighted by Crippen LogP contribution is 2.33. The molecule has 2 aromatic heterocycles. The largest absolute Gasteiger partial charge is 0.465 e. The maximum atomic E-state index is 13.2. The number of esters is 1. The lowest BCUT2D eigenvalue weighted by atomic mass is 10.1. The quantitative estimate of drug-likeness (QED) is 0.226. The lowest BCUT2D eigenvalue weighted by Gasteiger charge is -2.13. The highest BCUT2D eigenvalue weighted by atomic mass is 32.2. The average Bonchev–Trinajstić information content (AvgIpc) is 3.11. The van der Waals surface area contributed by atoms with Crippen molar-refractivity contribution >= 4 is 45.8 Å². The molecule has 158 valence electrons. The third-order valence-electron chi connectivity index (χ3n) is 3.90. The molecule has 0 bridgehead atoms. The second-order valence-corrected chi connectivity index (χ2v) is 7.99. The number of benzene rings is 1. The molecular weight excluding hydrogens is 439 g/mol. The van der Waals surface area contributed by atoms with Crippen molar-refractivity contribution in [2.75, 3.05) is 12.4 Å². The molecule has 0 aliphatic carbocycles. The first-order valence-corrected chi connectivity index (χ1v) is 10.7. The zero-order valence-electron chi connectivity index (χ0n) is 15.9. The second kappa shape index (κ2) is 9.09. The summed E-state index contributed by atoms with van der Waals surface area (Å²) in [5, 5.41) is 2.40. The summed E-state index contributed by atoms with van der Waals surface area (Å²) in [7, 11) is 0. The number of carbonyl (C=O) groups is 2. The van der Waals surface area contributed by atoms with Gasteiger partial charge in [0.25, 0.3) is 0 Å². The van der Waals surface area contributed by atoms with E-state index in [0.717, 1.165) is 23.1 Å². The van der Waals surface area contributed by atoms with Crippen molar-refractivity contribution in [1.82, 2.24) is 15.0 Å². The number of ketones is 1. The van der Waals surface area contributed by atoms with Crippen LogP contribution in [0.25, 0.3) is 10.9 Å². The maximum absolute atomic E-state index is 13.2. The topological polar surface area (TPSA) is 82.0 Å². The van der Waals surface area contributed by atoms with E-state index in [1.54, 1.807) is 37.4 Å². The number of hydrogen-bond donors (Lipinski definition) is 0. The van der Waals surface area contributed by atoms with Gasteiger partial charge >= 0.3 is 12.1 Å². The number of thioether (sulfide) groups is 1. The van der Waals surface area contributed by atoms with Gasteiger partial charge in [0.15, 0.2) is 11.7 Å². The fourth-order valence-electron chi connectivity index (χ4n) is 2.61. The Morgan fingerprint density at radius 2 is 1.93 bits per heavy atom. The van der Waals surface area contributed by atoms with E-state index in [0.29, 0.717) is 16.1 Å². The van der Waals surface area contributed by atoms with Crippen LogP contribution in [-0.2, 0) is 20.5 Å². The summed E-state index contributed by atoms with van der Waals surface area (Å²) in [6.07, 6.45) is -4.73. The molecule has 0 spiro atoms. The van der Waals surface area contributed by atoms with Gasteiger partial charge in [0.1, 0.15) is 10.0 Å². The van der Waals surface area contributed by atoms with E-state index < -0.39 is 29.7 Å². The zero-order valence-corrected chi connectivity index (χ0v) is 17.5. The summed E-state index contributed by atoms with van der Waals surface area (Å²) in [5.41, 5.74) is 0.772. The normalized spacial score (nSPS) is 12.7. The highest BCUT2D eigenvalue weighted by molar-refractivity contribution is 8.00. The van der Waals surface area contributed by atoms with Crippen molar-refractivity contribution in [1.29, 1.82) is 0 Å². The molecule has 1 aromatic carbocycles. The smallest absolute Gasteiger partial charge is 0.451 e. The fourth-order valence-corrected chi connectivity index (χ4v) is 4.44. The van der Waals surface area contributed by atoms with Crippen LogP contribution in [0.2, 0.25) is 0 Å². The van der Waals surface area contributed by atoms with Gasteiger partial charge in [-0.15, -0.1) is 11.3 Å². The molecule has 0 fully saturated rings. The van der Waals surface area contributed by atoms with E-state index in [2.05, 4.69) is 15.0 Å². The number of hydrogen-bond acceptors (Lipinski definition) is 8. The Morgan fingerprint density at radius 1 is 1.20 bits per heavy atom. The summed E-state index contributed by atoms with van der Waals surface area (Å²) in [4.78, 5) is 36.5. The monoisotopic (exact) mass is 455 g/mol. The number of fused-ring (bicyclic) bond motifs is 1. The summed E-state index contributed by atoms with van der Waals surface area (Å²) >= 11 is 1.98. The molecule has 3 aromatic rings. The first-order valence-electron chi connectivity index (χ1n) is 8.78. The number of aryl methyl sites for hydroxylation is 1. The average molecular weight is 455 g/mol. The van der Waals surface area contributed by atoms with Gasteiger partial charge in [-0.25, -0.2) is 15.0 Å². The minimum absolute atomic E-state index is 0.0132. The lowest BCUT2D eigenvalue weighted by molar-refractivity contribution is -0.147. The molecule has 0 N–H and O–H groups in total. The van der Waals surface area contributed by atoms with Gasteiger partial charge in [0.2, 0.25) is 5.82 Å². The van der Waals surface area contributed by atoms with E-state index in [4.69, 9.17) is 4.74 Å². The Hall–Kier alpha value is -2.53. The Balaban J connectivity index is 1.90. The number of aromatic nitrogens is 3. The lowest BCUT2D eigenvalue weighted by Crippen LogP contribution is -2.25. The standard InChI is InChI=1S/C19H16F3N3O3S2/c1-3-28-17(27)14(16-23-10(2)8-29-16)13(26)9-30-15-11-6-4-5-7-12(11)24-18(25-15)19(20,21)22/h4-8,14H,3,9H2,1-2H3/t14-/m1/s1. The number of nitrogens with zero attached hydrogens (tertiary/aromatic N) is 3. The van der Waals surface area contributed by atoms with Crippen molar-refractivity contribution in [2.24, 2.45) is 0 Å². The van der Waals surface area contributed by atoms with Crippen LogP contribution >= 0.6 is 23.1 Å². The Kier molecular flexibility index (Phi) is 6.71. The predicted molar refractivity (Wildman–Crippen MR) is 106 cm³/mol. The Labute approximate surface area is 177 Å². The predicted octanol–water partition coefficient (Wildman–Crippen LogP) is 4.42. The summed E-state index contributed by atoms with van der Waals surface area (Å²) in [6, 6.07) is 6.23. The minimum Gasteiger partial charge on any atom is -0.465 e. The van der Waals surface area contributed by atoms with Gasteiger partial charge in [0, 0.05) is 16.5 Å². The molecule has 2 heterocycles. The second-order valence-electron chi connectivity index (χ2n) is 6.13. The third-order valence-corrected chi connectivity index (χ3v) is 5.94. The van der Waals surface area contributed by atoms with Gasteiger partial charge in [-0.1, -0.05) is 30.0 Å². The molecule has 0 unspecified atom stereocenters. The molecule has 0 saturated heterocycles. The first kappa shape index (κ1) is 22.2. The number of Topliss-reactive ketones (excluding diaryl/α,β-unsaturated/α-hetero) is 1. The number of rotatable bonds is 7. The number of thiazole rings is 1. The summed E-state index contributed by atoms with van der Waals surface area (Å²) in [5.74, 6) is -4.05. The molecule has 11 heteroatoms. The molecule has 0 saturated carbocycles. The Morgan fingerprint density at radius 3 is 2.57 bits per heavy atom. The SMILES string of the molecule is CCOC(=O)[C@H](C(=O)CSc1nc(C(F)(F)F)nc2ccccc12)c1nc(C)cs1. The van der Waals surface area contributed by atoms with E-state index in [9.17, 15) is 22.8 Å². The van der Waals surface area contributed by atoms with Gasteiger partial charge in [-0.2, -0.15) is 13.2 Å². The minimum atomic E-state index is -4.73. The summed E-state index contributed by atoms with van der Waals surface area (Å²) < 4.78 is 44.5. The number of ether oxygens (including phenoxy) is 1. The van der Waals surface area contributed by atoms with Crippen LogP contribution in [0, 0.1) is 6.92 Å². The molecule has 6 nitrogen and oxygen atoms in total.